The molecule has 3 heterocycles. The van der Waals surface area contributed by atoms with Crippen LogP contribution in [0.1, 0.15) is 30.9 Å². The summed E-state index contributed by atoms with van der Waals surface area (Å²) in [7, 11) is 0. The molecule has 0 spiro atoms. The van der Waals surface area contributed by atoms with Crippen LogP contribution in [0, 0.1) is 0 Å². The Morgan fingerprint density at radius 1 is 1.17 bits per heavy atom. The lowest BCUT2D eigenvalue weighted by Crippen LogP contribution is -2.11. The van der Waals surface area contributed by atoms with Crippen molar-refractivity contribution in [1.82, 2.24) is 24.7 Å². The van der Waals surface area contributed by atoms with E-state index in [4.69, 9.17) is 0 Å². The lowest BCUT2D eigenvalue weighted by molar-refractivity contribution is 0.591. The molecule has 0 aliphatic carbocycles. The van der Waals surface area contributed by atoms with E-state index in [0.29, 0.717) is 17.0 Å². The molecule has 1 aliphatic heterocycles. The highest BCUT2D eigenvalue weighted by molar-refractivity contribution is 7.98. The minimum Gasteiger partial charge on any atom is -0.309 e. The van der Waals surface area contributed by atoms with Crippen LogP contribution >= 0.6 is 11.8 Å². The fraction of sp³-hybridized carbons (Fsp3) is 0.375. The van der Waals surface area contributed by atoms with Crippen LogP contribution in [0.3, 0.4) is 0 Å². The van der Waals surface area contributed by atoms with Gasteiger partial charge in [-0.05, 0) is 25.0 Å². The normalized spacial score (nSPS) is 14.6. The summed E-state index contributed by atoms with van der Waals surface area (Å²) in [6, 6.07) is 7.39. The molecule has 1 N–H and O–H groups in total. The van der Waals surface area contributed by atoms with Crippen LogP contribution < -0.4 is 5.56 Å². The van der Waals surface area contributed by atoms with Crippen molar-refractivity contribution in [2.75, 3.05) is 0 Å². The van der Waals surface area contributed by atoms with Gasteiger partial charge in [0.05, 0.1) is 16.7 Å². The molecule has 7 heteroatoms. The second-order valence-electron chi connectivity index (χ2n) is 5.68. The topological polar surface area (TPSA) is 76.5 Å². The Balaban J connectivity index is 1.58. The van der Waals surface area contributed by atoms with E-state index in [1.54, 1.807) is 17.8 Å². The number of hydrogen-bond donors (Lipinski definition) is 1. The maximum Gasteiger partial charge on any atom is 0.258 e. The molecule has 4 rings (SSSR count). The maximum absolute atomic E-state index is 12.1. The van der Waals surface area contributed by atoms with Crippen molar-refractivity contribution in [3.63, 3.8) is 0 Å². The average Bonchev–Trinajstić information content (AvgIpc) is 2.79. The van der Waals surface area contributed by atoms with Crippen molar-refractivity contribution in [3.05, 3.63) is 46.3 Å². The number of thioether (sulfide) groups is 1. The summed E-state index contributed by atoms with van der Waals surface area (Å²) in [6.07, 6.45) is 4.59. The number of benzene rings is 1. The molecule has 3 aromatic rings. The van der Waals surface area contributed by atoms with Crippen LogP contribution in [-0.2, 0) is 18.7 Å². The van der Waals surface area contributed by atoms with Gasteiger partial charge in [-0.15, -0.1) is 10.2 Å². The Hall–Kier alpha value is -2.15. The molecular formula is C16H17N5OS. The second-order valence-corrected chi connectivity index (χ2v) is 6.62. The minimum absolute atomic E-state index is 0.0914. The van der Waals surface area contributed by atoms with Gasteiger partial charge in [0.1, 0.15) is 11.6 Å². The van der Waals surface area contributed by atoms with Gasteiger partial charge in [-0.2, -0.15) is 0 Å². The number of aromatic nitrogens is 5. The van der Waals surface area contributed by atoms with Gasteiger partial charge < -0.3 is 9.55 Å². The van der Waals surface area contributed by atoms with Crippen molar-refractivity contribution in [2.45, 2.75) is 43.1 Å². The molecule has 118 valence electrons. The van der Waals surface area contributed by atoms with Gasteiger partial charge in [-0.3, -0.25) is 4.79 Å². The molecule has 1 aromatic carbocycles. The average molecular weight is 327 g/mol. The second kappa shape index (κ2) is 6.16. The van der Waals surface area contributed by atoms with Crippen LogP contribution in [-0.4, -0.2) is 24.7 Å². The van der Waals surface area contributed by atoms with E-state index >= 15 is 0 Å². The maximum atomic E-state index is 12.1. The monoisotopic (exact) mass is 327 g/mol. The standard InChI is InChI=1S/C16H17N5OS/c22-15-11-6-3-4-7-12(11)17-13(18-15)10-23-16-20-19-14-8-2-1-5-9-21(14)16/h3-4,6-7H,1-2,5,8-10H2,(H,17,18,22). The third kappa shape index (κ3) is 2.88. The summed E-state index contributed by atoms with van der Waals surface area (Å²) >= 11 is 1.58. The Morgan fingerprint density at radius 3 is 3.04 bits per heavy atom. The van der Waals surface area contributed by atoms with Gasteiger partial charge in [0, 0.05) is 13.0 Å². The van der Waals surface area contributed by atoms with E-state index in [-0.39, 0.29) is 5.56 Å². The first kappa shape index (κ1) is 14.4. The number of nitrogens with zero attached hydrogens (tertiary/aromatic N) is 4. The Kier molecular flexibility index (Phi) is 3.87. The lowest BCUT2D eigenvalue weighted by atomic mass is 10.2. The van der Waals surface area contributed by atoms with Crippen molar-refractivity contribution >= 4 is 22.7 Å². The van der Waals surface area contributed by atoms with E-state index in [0.717, 1.165) is 29.5 Å². The number of H-pyrrole nitrogens is 1. The number of nitrogens with one attached hydrogen (secondary N) is 1. The quantitative estimate of drug-likeness (QED) is 0.748. The molecule has 0 fully saturated rings. The van der Waals surface area contributed by atoms with Crippen molar-refractivity contribution < 1.29 is 0 Å². The molecule has 6 nitrogen and oxygen atoms in total. The fourth-order valence-electron chi connectivity index (χ4n) is 2.90. The van der Waals surface area contributed by atoms with Gasteiger partial charge in [0.2, 0.25) is 0 Å². The smallest absolute Gasteiger partial charge is 0.258 e. The molecule has 0 atom stereocenters. The lowest BCUT2D eigenvalue weighted by Gasteiger charge is -2.06. The molecule has 0 bridgehead atoms. The zero-order chi connectivity index (χ0) is 15.6. The Morgan fingerprint density at radius 2 is 2.09 bits per heavy atom. The van der Waals surface area contributed by atoms with E-state index in [1.807, 2.05) is 18.2 Å². The first-order chi connectivity index (χ1) is 11.3. The molecule has 1 aliphatic rings. The van der Waals surface area contributed by atoms with Crippen LogP contribution in [0.25, 0.3) is 10.9 Å². The largest absolute Gasteiger partial charge is 0.309 e. The van der Waals surface area contributed by atoms with Crippen molar-refractivity contribution in [1.29, 1.82) is 0 Å². The fourth-order valence-corrected chi connectivity index (χ4v) is 3.75. The molecule has 0 radical (unpaired) electrons. The number of aryl methyl sites for hydroxylation is 1. The number of hydrogen-bond acceptors (Lipinski definition) is 5. The van der Waals surface area contributed by atoms with Gasteiger partial charge in [-0.1, -0.05) is 30.3 Å². The first-order valence-electron chi connectivity index (χ1n) is 7.84. The number of para-hydroxylation sites is 1. The van der Waals surface area contributed by atoms with Crippen LogP contribution in [0.15, 0.2) is 34.2 Å². The molecule has 0 saturated heterocycles. The van der Waals surface area contributed by atoms with Gasteiger partial charge >= 0.3 is 0 Å². The summed E-state index contributed by atoms with van der Waals surface area (Å²) in [4.78, 5) is 19.5. The zero-order valence-corrected chi connectivity index (χ0v) is 13.5. The van der Waals surface area contributed by atoms with E-state index in [1.165, 1.54) is 19.3 Å². The van der Waals surface area contributed by atoms with Crippen LogP contribution in [0.2, 0.25) is 0 Å². The highest BCUT2D eigenvalue weighted by Gasteiger charge is 2.15. The van der Waals surface area contributed by atoms with Gasteiger partial charge in [0.15, 0.2) is 5.16 Å². The van der Waals surface area contributed by atoms with Gasteiger partial charge in [0.25, 0.3) is 5.56 Å². The SMILES string of the molecule is O=c1[nH]c(CSc2nnc3n2CCCCC3)nc2ccccc12. The van der Waals surface area contributed by atoms with E-state index in [9.17, 15) is 4.79 Å². The predicted molar refractivity (Wildman–Crippen MR) is 89.5 cm³/mol. The molecule has 2 aromatic heterocycles. The molecule has 0 saturated carbocycles. The van der Waals surface area contributed by atoms with Crippen LogP contribution in [0.5, 0.6) is 0 Å². The summed E-state index contributed by atoms with van der Waals surface area (Å²) in [5.74, 6) is 2.33. The van der Waals surface area contributed by atoms with E-state index < -0.39 is 0 Å². The molecule has 0 amide bonds. The Bertz CT molecular complexity index is 901. The molecule has 0 unspecified atom stereocenters. The number of fused-ring (bicyclic) bond motifs is 2. The third-order valence-corrected chi connectivity index (χ3v) is 5.05. The number of aromatic amines is 1. The van der Waals surface area contributed by atoms with Crippen molar-refractivity contribution in [2.24, 2.45) is 0 Å². The minimum atomic E-state index is -0.0914. The predicted octanol–water partition coefficient (Wildman–Crippen LogP) is 2.53. The highest BCUT2D eigenvalue weighted by Crippen LogP contribution is 2.23. The first-order valence-corrected chi connectivity index (χ1v) is 8.82. The third-order valence-electron chi connectivity index (χ3n) is 4.08. The van der Waals surface area contributed by atoms with Crippen molar-refractivity contribution in [3.8, 4) is 0 Å². The summed E-state index contributed by atoms with van der Waals surface area (Å²) in [6.45, 7) is 0.979. The summed E-state index contributed by atoms with van der Waals surface area (Å²) < 4.78 is 2.21. The van der Waals surface area contributed by atoms with Crippen LogP contribution in [0.4, 0.5) is 0 Å². The molecular weight excluding hydrogens is 310 g/mol. The van der Waals surface area contributed by atoms with E-state index in [2.05, 4.69) is 24.7 Å². The highest BCUT2D eigenvalue weighted by atomic mass is 32.2. The number of rotatable bonds is 3. The summed E-state index contributed by atoms with van der Waals surface area (Å²) in [5.41, 5.74) is 0.637. The Labute approximate surface area is 137 Å². The zero-order valence-electron chi connectivity index (χ0n) is 12.7. The summed E-state index contributed by atoms with van der Waals surface area (Å²) in [5, 5.41) is 10.1. The molecule has 23 heavy (non-hydrogen) atoms. The van der Waals surface area contributed by atoms with Gasteiger partial charge in [-0.25, -0.2) is 4.98 Å².